The fraction of sp³-hybridized carbons (Fsp3) is 0.120. The highest BCUT2D eigenvalue weighted by molar-refractivity contribution is 6.46. The van der Waals surface area contributed by atoms with Crippen molar-refractivity contribution in [2.24, 2.45) is 0 Å². The molecule has 0 atom stereocenters. The lowest BCUT2D eigenvalue weighted by Crippen LogP contribution is -2.32. The van der Waals surface area contributed by atoms with Crippen LogP contribution in [0.25, 0.3) is 5.57 Å². The molecule has 0 saturated carbocycles. The lowest BCUT2D eigenvalue weighted by Gasteiger charge is -2.16. The minimum absolute atomic E-state index is 0.0617. The summed E-state index contributed by atoms with van der Waals surface area (Å²) in [6, 6.07) is 18.5. The molecule has 0 aliphatic carbocycles. The van der Waals surface area contributed by atoms with Crippen LogP contribution in [0.2, 0.25) is 0 Å². The maximum Gasteiger partial charge on any atom is 0.416 e. The minimum atomic E-state index is -4.53. The van der Waals surface area contributed by atoms with Crippen molar-refractivity contribution in [3.8, 4) is 0 Å². The van der Waals surface area contributed by atoms with Gasteiger partial charge in [-0.1, -0.05) is 48.0 Å². The fourth-order valence-corrected chi connectivity index (χ4v) is 3.55. The minimum Gasteiger partial charge on any atom is -0.350 e. The predicted molar refractivity (Wildman–Crippen MR) is 117 cm³/mol. The summed E-state index contributed by atoms with van der Waals surface area (Å²) in [5.41, 5.74) is 1.96. The van der Waals surface area contributed by atoms with Crippen LogP contribution in [0, 0.1) is 13.8 Å². The highest BCUT2D eigenvalue weighted by atomic mass is 19.4. The van der Waals surface area contributed by atoms with E-state index in [1.165, 1.54) is 12.1 Å². The van der Waals surface area contributed by atoms with E-state index >= 15 is 0 Å². The summed E-state index contributed by atoms with van der Waals surface area (Å²) in [5, 5.41) is 2.78. The molecule has 32 heavy (non-hydrogen) atoms. The number of alkyl halides is 3. The zero-order chi connectivity index (χ0) is 23.0. The van der Waals surface area contributed by atoms with Gasteiger partial charge in [-0.05, 0) is 55.3 Å². The molecule has 7 heteroatoms. The normalized spacial score (nSPS) is 14.3. The van der Waals surface area contributed by atoms with Crippen molar-refractivity contribution in [2.75, 3.05) is 10.2 Å². The molecule has 0 bridgehead atoms. The average molecular weight is 436 g/mol. The van der Waals surface area contributed by atoms with E-state index in [1.54, 1.807) is 42.5 Å². The molecule has 4 rings (SSSR count). The molecule has 0 spiro atoms. The molecule has 2 amide bonds. The zero-order valence-electron chi connectivity index (χ0n) is 17.3. The van der Waals surface area contributed by atoms with Gasteiger partial charge in [-0.3, -0.25) is 9.59 Å². The van der Waals surface area contributed by atoms with Crippen molar-refractivity contribution in [2.45, 2.75) is 20.0 Å². The van der Waals surface area contributed by atoms with Gasteiger partial charge in [0.25, 0.3) is 11.8 Å². The number of imide groups is 1. The maximum absolute atomic E-state index is 13.4. The molecule has 0 fully saturated rings. The Kier molecular flexibility index (Phi) is 5.34. The Hall–Kier alpha value is -3.87. The first-order valence-corrected chi connectivity index (χ1v) is 9.86. The smallest absolute Gasteiger partial charge is 0.350 e. The molecular formula is C25H19F3N2O2. The van der Waals surface area contributed by atoms with E-state index in [9.17, 15) is 22.8 Å². The largest absolute Gasteiger partial charge is 0.416 e. The fourth-order valence-electron chi connectivity index (χ4n) is 3.55. The standard InChI is InChI=1S/C25H19F3N2O2/c1-15-9-11-17(12-10-15)21-22(29-19-7-4-6-18(14-19)25(26,27)28)24(32)30(23(21)31)20-8-3-5-16(2)13-20/h3-14,29H,1-2H3. The van der Waals surface area contributed by atoms with Crippen LogP contribution in [0.15, 0.2) is 78.5 Å². The first-order chi connectivity index (χ1) is 15.1. The van der Waals surface area contributed by atoms with Gasteiger partial charge in [0.2, 0.25) is 0 Å². The third kappa shape index (κ3) is 4.01. The van der Waals surface area contributed by atoms with Gasteiger partial charge < -0.3 is 5.32 Å². The van der Waals surface area contributed by atoms with Crippen LogP contribution >= 0.6 is 0 Å². The maximum atomic E-state index is 13.4. The van der Waals surface area contributed by atoms with Crippen LogP contribution in [0.1, 0.15) is 22.3 Å². The summed E-state index contributed by atoms with van der Waals surface area (Å²) in [7, 11) is 0. The molecule has 3 aromatic carbocycles. The van der Waals surface area contributed by atoms with Crippen LogP contribution in [-0.4, -0.2) is 11.8 Å². The van der Waals surface area contributed by atoms with E-state index in [2.05, 4.69) is 5.32 Å². The van der Waals surface area contributed by atoms with E-state index < -0.39 is 23.6 Å². The van der Waals surface area contributed by atoms with E-state index in [0.717, 1.165) is 28.2 Å². The molecule has 1 aliphatic heterocycles. The lowest BCUT2D eigenvalue weighted by molar-refractivity contribution is -0.137. The van der Waals surface area contributed by atoms with Gasteiger partial charge in [0.15, 0.2) is 0 Å². The van der Waals surface area contributed by atoms with Crippen molar-refractivity contribution >= 4 is 28.8 Å². The van der Waals surface area contributed by atoms with Gasteiger partial charge in [0.05, 0.1) is 16.8 Å². The van der Waals surface area contributed by atoms with Gasteiger partial charge >= 0.3 is 6.18 Å². The summed E-state index contributed by atoms with van der Waals surface area (Å²) in [6.07, 6.45) is -4.53. The first-order valence-electron chi connectivity index (χ1n) is 9.86. The molecule has 1 N–H and O–H groups in total. The summed E-state index contributed by atoms with van der Waals surface area (Å²) in [6.45, 7) is 3.73. The number of halogens is 3. The Labute approximate surface area is 183 Å². The van der Waals surface area contributed by atoms with Crippen molar-refractivity contribution in [1.82, 2.24) is 0 Å². The first kappa shape index (κ1) is 21.4. The monoisotopic (exact) mass is 436 g/mol. The van der Waals surface area contributed by atoms with E-state index in [4.69, 9.17) is 0 Å². The summed E-state index contributed by atoms with van der Waals surface area (Å²) in [4.78, 5) is 27.7. The summed E-state index contributed by atoms with van der Waals surface area (Å²) < 4.78 is 39.5. The number of carbonyl (C=O) groups excluding carboxylic acids is 2. The summed E-state index contributed by atoms with van der Waals surface area (Å²) >= 11 is 0. The van der Waals surface area contributed by atoms with Crippen LogP contribution < -0.4 is 10.2 Å². The third-order valence-electron chi connectivity index (χ3n) is 5.14. The Morgan fingerprint density at radius 2 is 1.47 bits per heavy atom. The number of hydrogen-bond donors (Lipinski definition) is 1. The van der Waals surface area contributed by atoms with Crippen LogP contribution in [-0.2, 0) is 15.8 Å². The van der Waals surface area contributed by atoms with Gasteiger partial charge in [-0.25, -0.2) is 4.90 Å². The number of amides is 2. The Morgan fingerprint density at radius 1 is 0.781 bits per heavy atom. The van der Waals surface area contributed by atoms with E-state index in [0.29, 0.717) is 11.3 Å². The van der Waals surface area contributed by atoms with Crippen molar-refractivity contribution in [1.29, 1.82) is 0 Å². The molecule has 0 radical (unpaired) electrons. The van der Waals surface area contributed by atoms with E-state index in [-0.39, 0.29) is 17.0 Å². The Balaban J connectivity index is 1.82. The molecule has 0 aromatic heterocycles. The Morgan fingerprint density at radius 3 is 2.12 bits per heavy atom. The number of rotatable bonds is 4. The topological polar surface area (TPSA) is 49.4 Å². The van der Waals surface area contributed by atoms with Crippen molar-refractivity contribution in [3.63, 3.8) is 0 Å². The van der Waals surface area contributed by atoms with Crippen molar-refractivity contribution < 1.29 is 22.8 Å². The highest BCUT2D eigenvalue weighted by Gasteiger charge is 2.40. The van der Waals surface area contributed by atoms with E-state index in [1.807, 2.05) is 19.9 Å². The molecule has 4 nitrogen and oxygen atoms in total. The van der Waals surface area contributed by atoms with Crippen LogP contribution in [0.3, 0.4) is 0 Å². The quantitative estimate of drug-likeness (QED) is 0.533. The summed E-state index contributed by atoms with van der Waals surface area (Å²) in [5.74, 6) is -1.17. The zero-order valence-corrected chi connectivity index (χ0v) is 17.3. The molecule has 162 valence electrons. The van der Waals surface area contributed by atoms with Crippen LogP contribution in [0.4, 0.5) is 24.5 Å². The number of nitrogens with one attached hydrogen (secondary N) is 1. The highest BCUT2D eigenvalue weighted by Crippen LogP contribution is 2.35. The van der Waals surface area contributed by atoms with Gasteiger partial charge in [0.1, 0.15) is 5.70 Å². The van der Waals surface area contributed by atoms with Gasteiger partial charge in [-0.2, -0.15) is 13.2 Å². The molecule has 0 unspecified atom stereocenters. The number of aryl methyl sites for hydroxylation is 2. The lowest BCUT2D eigenvalue weighted by atomic mass is 10.0. The number of benzene rings is 3. The van der Waals surface area contributed by atoms with Gasteiger partial charge in [-0.15, -0.1) is 0 Å². The second-order valence-corrected chi connectivity index (χ2v) is 7.60. The molecule has 3 aromatic rings. The Bertz CT molecular complexity index is 1240. The second-order valence-electron chi connectivity index (χ2n) is 7.60. The number of anilines is 2. The second kappa shape index (κ2) is 8.00. The number of carbonyl (C=O) groups is 2. The molecular weight excluding hydrogens is 417 g/mol. The molecule has 0 saturated heterocycles. The van der Waals surface area contributed by atoms with Gasteiger partial charge in [0, 0.05) is 5.69 Å². The molecule has 1 aliphatic rings. The average Bonchev–Trinajstić information content (AvgIpc) is 2.98. The van der Waals surface area contributed by atoms with Crippen LogP contribution in [0.5, 0.6) is 0 Å². The molecule has 1 heterocycles. The predicted octanol–water partition coefficient (Wildman–Crippen LogP) is 5.72. The number of nitrogens with zero attached hydrogens (tertiary/aromatic N) is 1. The number of hydrogen-bond acceptors (Lipinski definition) is 3. The SMILES string of the molecule is Cc1ccc(C2=C(Nc3cccc(C(F)(F)F)c3)C(=O)N(c3cccc(C)c3)C2=O)cc1. The van der Waals surface area contributed by atoms with Crippen molar-refractivity contribution in [3.05, 3.63) is 101 Å². The third-order valence-corrected chi connectivity index (χ3v) is 5.14.